The summed E-state index contributed by atoms with van der Waals surface area (Å²) in [7, 11) is 1.58. The number of benzene rings is 1. The zero-order valence-corrected chi connectivity index (χ0v) is 9.85. The Morgan fingerprint density at radius 1 is 1.59 bits per heavy atom. The molecule has 0 bridgehead atoms. The van der Waals surface area contributed by atoms with Gasteiger partial charge in [-0.15, -0.1) is 0 Å². The second kappa shape index (κ2) is 5.19. The Morgan fingerprint density at radius 2 is 2.35 bits per heavy atom. The number of carbonyl (C=O) groups excluding carboxylic acids is 1. The number of carbonyl (C=O) groups is 1. The fraction of sp³-hybridized carbons (Fsp3) is 0.462. The number of hydrogen-bond acceptors (Lipinski definition) is 3. The lowest BCUT2D eigenvalue weighted by Gasteiger charge is -2.13. The number of amides is 1. The number of hydrogen-bond donors (Lipinski definition) is 2. The van der Waals surface area contributed by atoms with Gasteiger partial charge < -0.3 is 15.2 Å². The fourth-order valence-corrected chi connectivity index (χ4v) is 1.65. The second-order valence-electron chi connectivity index (χ2n) is 4.31. The molecule has 2 N–H and O–H groups in total. The molecule has 4 nitrogen and oxygen atoms in total. The van der Waals surface area contributed by atoms with Gasteiger partial charge in [-0.1, -0.05) is 12.1 Å². The number of nitrogens with one attached hydrogen (secondary N) is 1. The van der Waals surface area contributed by atoms with Gasteiger partial charge in [0, 0.05) is 12.5 Å². The minimum atomic E-state index is -0.687. The maximum atomic E-state index is 11.4. The minimum absolute atomic E-state index is 0.0481. The fourth-order valence-electron chi connectivity index (χ4n) is 1.65. The Bertz CT molecular complexity index is 401. The Kier molecular flexibility index (Phi) is 3.64. The first-order valence-corrected chi connectivity index (χ1v) is 5.80. The van der Waals surface area contributed by atoms with Gasteiger partial charge in [0.05, 0.1) is 13.2 Å². The normalized spacial score (nSPS) is 16.4. The monoisotopic (exact) mass is 235 g/mol. The van der Waals surface area contributed by atoms with E-state index in [9.17, 15) is 9.90 Å². The van der Waals surface area contributed by atoms with Crippen LogP contribution in [0.3, 0.4) is 0 Å². The molecule has 4 heteroatoms. The van der Waals surface area contributed by atoms with E-state index in [-0.39, 0.29) is 18.4 Å². The van der Waals surface area contributed by atoms with Gasteiger partial charge in [-0.2, -0.15) is 0 Å². The highest BCUT2D eigenvalue weighted by Gasteiger charge is 2.29. The van der Waals surface area contributed by atoms with Crippen molar-refractivity contribution in [3.05, 3.63) is 29.8 Å². The molecule has 0 saturated heterocycles. The Hall–Kier alpha value is -1.55. The SMILES string of the molecule is COc1cccc(C(O)CNC(=O)C2CC2)c1. The van der Waals surface area contributed by atoms with Crippen LogP contribution in [0.25, 0.3) is 0 Å². The summed E-state index contributed by atoms with van der Waals surface area (Å²) in [5.74, 6) is 0.925. The van der Waals surface area contributed by atoms with Crippen molar-refractivity contribution in [1.29, 1.82) is 0 Å². The molecule has 1 aliphatic rings. The van der Waals surface area contributed by atoms with Crippen molar-refractivity contribution in [3.8, 4) is 5.75 Å². The average Bonchev–Trinajstić information content (AvgIpc) is 3.19. The number of aliphatic hydroxyl groups excluding tert-OH is 1. The van der Waals surface area contributed by atoms with Gasteiger partial charge in [0.2, 0.25) is 5.91 Å². The van der Waals surface area contributed by atoms with Crippen LogP contribution in [0, 0.1) is 5.92 Å². The Morgan fingerprint density at radius 3 is 3.00 bits per heavy atom. The molecule has 1 fully saturated rings. The highest BCUT2D eigenvalue weighted by atomic mass is 16.5. The summed E-state index contributed by atoms with van der Waals surface area (Å²) in [5.41, 5.74) is 0.750. The van der Waals surface area contributed by atoms with E-state index in [0.29, 0.717) is 5.75 Å². The summed E-state index contributed by atoms with van der Waals surface area (Å²) in [6, 6.07) is 7.23. The van der Waals surface area contributed by atoms with Gasteiger partial charge in [0.25, 0.3) is 0 Å². The first-order chi connectivity index (χ1) is 8.20. The lowest BCUT2D eigenvalue weighted by atomic mass is 10.1. The zero-order valence-electron chi connectivity index (χ0n) is 9.85. The van der Waals surface area contributed by atoms with Gasteiger partial charge in [-0.05, 0) is 30.5 Å². The van der Waals surface area contributed by atoms with Gasteiger partial charge in [0.1, 0.15) is 5.75 Å². The van der Waals surface area contributed by atoms with Crippen molar-refractivity contribution < 1.29 is 14.6 Å². The lowest BCUT2D eigenvalue weighted by molar-refractivity contribution is -0.122. The molecule has 17 heavy (non-hydrogen) atoms. The van der Waals surface area contributed by atoms with Crippen LogP contribution in [-0.4, -0.2) is 24.7 Å². The predicted octanol–water partition coefficient (Wildman–Crippen LogP) is 1.25. The molecule has 0 aliphatic heterocycles. The smallest absolute Gasteiger partial charge is 0.223 e. The molecule has 0 radical (unpaired) electrons. The van der Waals surface area contributed by atoms with Crippen molar-refractivity contribution in [2.45, 2.75) is 18.9 Å². The first-order valence-electron chi connectivity index (χ1n) is 5.80. The van der Waals surface area contributed by atoms with Crippen LogP contribution in [0.15, 0.2) is 24.3 Å². The van der Waals surface area contributed by atoms with Crippen LogP contribution in [0.1, 0.15) is 24.5 Å². The van der Waals surface area contributed by atoms with E-state index >= 15 is 0 Å². The van der Waals surface area contributed by atoms with Crippen molar-refractivity contribution in [2.24, 2.45) is 5.92 Å². The summed E-state index contributed by atoms with van der Waals surface area (Å²) >= 11 is 0. The highest BCUT2D eigenvalue weighted by Crippen LogP contribution is 2.29. The van der Waals surface area contributed by atoms with E-state index in [2.05, 4.69) is 5.32 Å². The number of ether oxygens (including phenoxy) is 1. The maximum absolute atomic E-state index is 11.4. The molecule has 92 valence electrons. The molecule has 2 rings (SSSR count). The highest BCUT2D eigenvalue weighted by molar-refractivity contribution is 5.80. The van der Waals surface area contributed by atoms with Gasteiger partial charge >= 0.3 is 0 Å². The van der Waals surface area contributed by atoms with Crippen LogP contribution < -0.4 is 10.1 Å². The summed E-state index contributed by atoms with van der Waals surface area (Å²) in [6.07, 6.45) is 1.26. The standard InChI is InChI=1S/C13H17NO3/c1-17-11-4-2-3-10(7-11)12(15)8-14-13(16)9-5-6-9/h2-4,7,9,12,15H,5-6,8H2,1H3,(H,14,16). The van der Waals surface area contributed by atoms with E-state index in [4.69, 9.17) is 4.74 Å². The minimum Gasteiger partial charge on any atom is -0.497 e. The number of methoxy groups -OCH3 is 1. The number of aliphatic hydroxyl groups is 1. The Balaban J connectivity index is 1.89. The molecule has 0 spiro atoms. The molecular formula is C13H17NO3. The van der Waals surface area contributed by atoms with E-state index < -0.39 is 6.10 Å². The zero-order chi connectivity index (χ0) is 12.3. The third-order valence-electron chi connectivity index (χ3n) is 2.90. The van der Waals surface area contributed by atoms with E-state index in [1.807, 2.05) is 18.2 Å². The van der Waals surface area contributed by atoms with Gasteiger partial charge in [0.15, 0.2) is 0 Å². The average molecular weight is 235 g/mol. The third kappa shape index (κ3) is 3.20. The summed E-state index contributed by atoms with van der Waals surface area (Å²) in [4.78, 5) is 11.4. The van der Waals surface area contributed by atoms with Gasteiger partial charge in [-0.25, -0.2) is 0 Å². The number of rotatable bonds is 5. The largest absolute Gasteiger partial charge is 0.497 e. The molecule has 1 unspecified atom stereocenters. The van der Waals surface area contributed by atoms with Crippen LogP contribution in [0.4, 0.5) is 0 Å². The third-order valence-corrected chi connectivity index (χ3v) is 2.90. The molecule has 0 heterocycles. The first kappa shape index (κ1) is 11.9. The van der Waals surface area contributed by atoms with Crippen LogP contribution in [-0.2, 0) is 4.79 Å². The van der Waals surface area contributed by atoms with Crippen molar-refractivity contribution in [1.82, 2.24) is 5.32 Å². The molecule has 1 aromatic carbocycles. The van der Waals surface area contributed by atoms with E-state index in [1.54, 1.807) is 13.2 Å². The lowest BCUT2D eigenvalue weighted by Crippen LogP contribution is -2.29. The molecule has 1 aromatic rings. The quantitative estimate of drug-likeness (QED) is 0.807. The van der Waals surface area contributed by atoms with Crippen molar-refractivity contribution in [3.63, 3.8) is 0 Å². The topological polar surface area (TPSA) is 58.6 Å². The van der Waals surface area contributed by atoms with Crippen LogP contribution >= 0.6 is 0 Å². The second-order valence-corrected chi connectivity index (χ2v) is 4.31. The van der Waals surface area contributed by atoms with Crippen molar-refractivity contribution >= 4 is 5.91 Å². The maximum Gasteiger partial charge on any atom is 0.223 e. The van der Waals surface area contributed by atoms with Gasteiger partial charge in [-0.3, -0.25) is 4.79 Å². The summed E-state index contributed by atoms with van der Waals surface area (Å²) < 4.78 is 5.08. The molecular weight excluding hydrogens is 218 g/mol. The molecule has 1 saturated carbocycles. The van der Waals surface area contributed by atoms with Crippen LogP contribution in [0.2, 0.25) is 0 Å². The summed E-state index contributed by atoms with van der Waals surface area (Å²) in [6.45, 7) is 0.252. The molecule has 1 aliphatic carbocycles. The molecule has 1 atom stereocenters. The molecule has 0 aromatic heterocycles. The van der Waals surface area contributed by atoms with Crippen molar-refractivity contribution in [2.75, 3.05) is 13.7 Å². The van der Waals surface area contributed by atoms with E-state index in [1.165, 1.54) is 0 Å². The Labute approximate surface area is 101 Å². The summed E-state index contributed by atoms with van der Waals surface area (Å²) in [5, 5.41) is 12.7. The predicted molar refractivity (Wildman–Crippen MR) is 63.7 cm³/mol. The molecule has 1 amide bonds. The van der Waals surface area contributed by atoms with Crippen LogP contribution in [0.5, 0.6) is 5.75 Å². The van der Waals surface area contributed by atoms with E-state index in [0.717, 1.165) is 18.4 Å².